The normalized spacial score (nSPS) is 17.4. The molecular formula is C20H24N4O5. The molecule has 154 valence electrons. The van der Waals surface area contributed by atoms with E-state index in [2.05, 4.69) is 21.3 Å². The third-order valence-electron chi connectivity index (χ3n) is 4.15. The largest absolute Gasteiger partial charge is 0.497 e. The fraction of sp³-hybridized carbons (Fsp3) is 0.300. The number of urea groups is 1. The SMILES string of the molecule is COc1ccc(CO/N=C2/CC(NOCc3ccc(OC)cc3)NC(=O)N2)cc1. The van der Waals surface area contributed by atoms with Gasteiger partial charge in [0.05, 0.1) is 20.8 Å². The number of nitrogens with zero attached hydrogens (tertiary/aromatic N) is 1. The molecule has 0 spiro atoms. The third kappa shape index (κ3) is 6.37. The molecule has 1 aliphatic rings. The molecule has 2 amide bonds. The van der Waals surface area contributed by atoms with Crippen molar-refractivity contribution in [3.05, 3.63) is 59.7 Å². The molecule has 0 bridgehead atoms. The van der Waals surface area contributed by atoms with Crippen LogP contribution in [0, 0.1) is 0 Å². The lowest BCUT2D eigenvalue weighted by Gasteiger charge is -2.25. The van der Waals surface area contributed by atoms with Crippen molar-refractivity contribution in [1.29, 1.82) is 0 Å². The smallest absolute Gasteiger partial charge is 0.321 e. The Morgan fingerprint density at radius 1 is 0.966 bits per heavy atom. The van der Waals surface area contributed by atoms with E-state index in [0.717, 1.165) is 22.6 Å². The predicted octanol–water partition coefficient (Wildman–Crippen LogP) is 2.28. The first kappa shape index (κ1) is 20.4. The van der Waals surface area contributed by atoms with Crippen molar-refractivity contribution in [2.75, 3.05) is 14.2 Å². The number of rotatable bonds is 9. The summed E-state index contributed by atoms with van der Waals surface area (Å²) < 4.78 is 10.2. The number of hydrogen-bond donors (Lipinski definition) is 3. The van der Waals surface area contributed by atoms with Gasteiger partial charge in [-0.05, 0) is 35.4 Å². The van der Waals surface area contributed by atoms with Crippen LogP contribution in [0.25, 0.3) is 0 Å². The minimum Gasteiger partial charge on any atom is -0.497 e. The van der Waals surface area contributed by atoms with Gasteiger partial charge in [-0.25, -0.2) is 4.79 Å². The molecule has 9 heteroatoms. The number of amides is 2. The maximum absolute atomic E-state index is 11.8. The van der Waals surface area contributed by atoms with Crippen LogP contribution in [0.4, 0.5) is 4.79 Å². The number of oxime groups is 1. The molecule has 1 saturated heterocycles. The van der Waals surface area contributed by atoms with Gasteiger partial charge in [-0.2, -0.15) is 5.48 Å². The van der Waals surface area contributed by atoms with Crippen molar-refractivity contribution in [3.63, 3.8) is 0 Å². The van der Waals surface area contributed by atoms with E-state index in [4.69, 9.17) is 19.1 Å². The van der Waals surface area contributed by atoms with Gasteiger partial charge < -0.3 is 19.6 Å². The standard InChI is InChI=1S/C20H24N4O5/c1-26-16-7-3-14(4-8-16)12-28-23-18-11-19(22-20(25)21-18)24-29-13-15-5-9-17(27-2)10-6-15/h3-10,18,23H,11-13H2,1-2H3,(H2,21,22,24,25). The zero-order chi connectivity index (χ0) is 20.5. The van der Waals surface area contributed by atoms with Crippen LogP contribution in [-0.4, -0.2) is 32.3 Å². The van der Waals surface area contributed by atoms with Crippen LogP contribution in [0.1, 0.15) is 17.5 Å². The third-order valence-corrected chi connectivity index (χ3v) is 4.15. The van der Waals surface area contributed by atoms with Crippen molar-refractivity contribution >= 4 is 11.9 Å². The summed E-state index contributed by atoms with van der Waals surface area (Å²) in [6.07, 6.45) is -0.0397. The van der Waals surface area contributed by atoms with Gasteiger partial charge in [0.2, 0.25) is 0 Å². The molecule has 1 heterocycles. The Morgan fingerprint density at radius 3 is 2.14 bits per heavy atom. The predicted molar refractivity (Wildman–Crippen MR) is 106 cm³/mol. The first-order valence-corrected chi connectivity index (χ1v) is 9.06. The minimum atomic E-state index is -0.426. The number of hydrogen-bond acceptors (Lipinski definition) is 7. The number of carbonyl (C=O) groups is 1. The van der Waals surface area contributed by atoms with Crippen molar-refractivity contribution in [2.45, 2.75) is 25.8 Å². The van der Waals surface area contributed by atoms with E-state index in [1.54, 1.807) is 14.2 Å². The number of methoxy groups -OCH3 is 2. The van der Waals surface area contributed by atoms with Crippen molar-refractivity contribution in [1.82, 2.24) is 16.1 Å². The van der Waals surface area contributed by atoms with Crippen molar-refractivity contribution < 1.29 is 23.9 Å². The van der Waals surface area contributed by atoms with E-state index in [1.165, 1.54) is 0 Å². The van der Waals surface area contributed by atoms with E-state index in [1.807, 2.05) is 48.5 Å². The quantitative estimate of drug-likeness (QED) is 0.558. The second kappa shape index (κ2) is 10.3. The molecule has 2 aromatic rings. The molecule has 9 nitrogen and oxygen atoms in total. The molecule has 0 saturated carbocycles. The molecule has 2 aromatic carbocycles. The van der Waals surface area contributed by atoms with Crippen LogP contribution in [0.5, 0.6) is 11.5 Å². The highest BCUT2D eigenvalue weighted by Gasteiger charge is 2.23. The van der Waals surface area contributed by atoms with E-state index < -0.39 is 6.17 Å². The monoisotopic (exact) mass is 400 g/mol. The van der Waals surface area contributed by atoms with E-state index in [0.29, 0.717) is 18.9 Å². The summed E-state index contributed by atoms with van der Waals surface area (Å²) in [5.41, 5.74) is 4.73. The summed E-state index contributed by atoms with van der Waals surface area (Å²) in [7, 11) is 3.23. The summed E-state index contributed by atoms with van der Waals surface area (Å²) in [5, 5.41) is 9.34. The zero-order valence-corrected chi connectivity index (χ0v) is 16.3. The number of hydroxylamine groups is 1. The Bertz CT molecular complexity index is 824. The van der Waals surface area contributed by atoms with Gasteiger partial charge >= 0.3 is 6.03 Å². The Kier molecular flexibility index (Phi) is 7.26. The van der Waals surface area contributed by atoms with Gasteiger partial charge in [0.25, 0.3) is 0 Å². The molecule has 0 aromatic heterocycles. The summed E-state index contributed by atoms with van der Waals surface area (Å²) in [4.78, 5) is 22.6. The molecular weight excluding hydrogens is 376 g/mol. The average molecular weight is 400 g/mol. The lowest BCUT2D eigenvalue weighted by Crippen LogP contribution is -2.57. The molecule has 1 aliphatic heterocycles. The van der Waals surface area contributed by atoms with Gasteiger partial charge in [0, 0.05) is 6.42 Å². The molecule has 1 unspecified atom stereocenters. The van der Waals surface area contributed by atoms with Crippen LogP contribution in [-0.2, 0) is 22.9 Å². The second-order valence-electron chi connectivity index (χ2n) is 6.27. The fourth-order valence-electron chi connectivity index (χ4n) is 2.61. The number of amidine groups is 1. The maximum atomic E-state index is 11.8. The average Bonchev–Trinajstić information content (AvgIpc) is 2.74. The van der Waals surface area contributed by atoms with E-state index in [9.17, 15) is 4.79 Å². The molecule has 3 N–H and O–H groups in total. The molecule has 0 aliphatic carbocycles. The minimum absolute atomic E-state index is 0.281. The summed E-state index contributed by atoms with van der Waals surface area (Å²) in [5.74, 6) is 1.96. The molecule has 1 atom stereocenters. The van der Waals surface area contributed by atoms with Gasteiger partial charge in [0.1, 0.15) is 24.3 Å². The Balaban J connectivity index is 1.44. The fourth-order valence-corrected chi connectivity index (χ4v) is 2.61. The molecule has 0 radical (unpaired) electrons. The summed E-state index contributed by atoms with van der Waals surface area (Å²) >= 11 is 0. The highest BCUT2D eigenvalue weighted by Crippen LogP contribution is 2.13. The Labute approximate surface area is 168 Å². The number of benzene rings is 2. The van der Waals surface area contributed by atoms with Crippen LogP contribution in [0.15, 0.2) is 53.7 Å². The van der Waals surface area contributed by atoms with Crippen molar-refractivity contribution in [3.8, 4) is 11.5 Å². The zero-order valence-electron chi connectivity index (χ0n) is 16.3. The molecule has 3 rings (SSSR count). The van der Waals surface area contributed by atoms with Crippen LogP contribution in [0.3, 0.4) is 0 Å². The van der Waals surface area contributed by atoms with Gasteiger partial charge in [-0.15, -0.1) is 0 Å². The number of nitrogens with one attached hydrogen (secondary N) is 3. The lowest BCUT2D eigenvalue weighted by molar-refractivity contribution is -0.00153. The first-order chi connectivity index (χ1) is 14.2. The highest BCUT2D eigenvalue weighted by molar-refractivity contribution is 5.99. The van der Waals surface area contributed by atoms with Gasteiger partial charge in [0.15, 0.2) is 5.84 Å². The highest BCUT2D eigenvalue weighted by atomic mass is 16.6. The molecule has 1 fully saturated rings. The lowest BCUT2D eigenvalue weighted by atomic mass is 10.2. The maximum Gasteiger partial charge on any atom is 0.321 e. The number of carbonyl (C=O) groups excluding carboxylic acids is 1. The Morgan fingerprint density at radius 2 is 1.55 bits per heavy atom. The summed E-state index contributed by atoms with van der Waals surface area (Å²) in [6.45, 7) is 0.618. The van der Waals surface area contributed by atoms with Crippen molar-refractivity contribution in [2.24, 2.45) is 5.16 Å². The number of ether oxygens (including phenoxy) is 2. The van der Waals surface area contributed by atoms with E-state index in [-0.39, 0.29) is 12.6 Å². The van der Waals surface area contributed by atoms with Crippen LogP contribution >= 0.6 is 0 Å². The first-order valence-electron chi connectivity index (χ1n) is 9.06. The summed E-state index contributed by atoms with van der Waals surface area (Å²) in [6, 6.07) is 14.6. The molecule has 29 heavy (non-hydrogen) atoms. The van der Waals surface area contributed by atoms with Gasteiger partial charge in [-0.1, -0.05) is 29.4 Å². The second-order valence-corrected chi connectivity index (χ2v) is 6.27. The van der Waals surface area contributed by atoms with E-state index >= 15 is 0 Å². The van der Waals surface area contributed by atoms with Crippen LogP contribution < -0.4 is 25.6 Å². The van der Waals surface area contributed by atoms with Gasteiger partial charge in [-0.3, -0.25) is 10.2 Å². The topological polar surface area (TPSA) is 102 Å². The Hall–Kier alpha value is -3.30. The van der Waals surface area contributed by atoms with Crippen LogP contribution in [0.2, 0.25) is 0 Å².